The highest BCUT2D eigenvalue weighted by molar-refractivity contribution is 5.70. The van der Waals surface area contributed by atoms with E-state index in [-0.39, 0.29) is 18.0 Å². The van der Waals surface area contributed by atoms with Gasteiger partial charge in [-0.25, -0.2) is 9.80 Å². The fourth-order valence-corrected chi connectivity index (χ4v) is 2.65. The number of hydrogen-bond acceptors (Lipinski definition) is 4. The molecule has 1 aliphatic carbocycles. The van der Waals surface area contributed by atoms with E-state index in [9.17, 15) is 9.59 Å². The average Bonchev–Trinajstić information content (AvgIpc) is 2.33. The number of hydrazine groups is 1. The molecule has 0 aromatic carbocycles. The van der Waals surface area contributed by atoms with Gasteiger partial charge in [-0.2, -0.15) is 0 Å². The monoisotopic (exact) mass is 300 g/mol. The Balaban J connectivity index is 2.59. The van der Waals surface area contributed by atoms with Gasteiger partial charge < -0.3 is 9.84 Å². The number of nitrogens with zero attached hydrogens (tertiary/aromatic N) is 1. The Morgan fingerprint density at radius 2 is 1.71 bits per heavy atom. The van der Waals surface area contributed by atoms with Gasteiger partial charge in [0.05, 0.1) is 5.92 Å². The van der Waals surface area contributed by atoms with Gasteiger partial charge in [-0.05, 0) is 60.3 Å². The molecule has 0 unspecified atom stereocenters. The number of amides is 1. The molecule has 0 heterocycles. The van der Waals surface area contributed by atoms with Gasteiger partial charge in [0.15, 0.2) is 0 Å². The fourth-order valence-electron chi connectivity index (χ4n) is 2.65. The maximum atomic E-state index is 11.9. The van der Waals surface area contributed by atoms with Crippen LogP contribution in [0.25, 0.3) is 0 Å². The molecule has 1 amide bonds. The highest BCUT2D eigenvalue weighted by atomic mass is 16.6. The summed E-state index contributed by atoms with van der Waals surface area (Å²) in [4.78, 5) is 22.9. The largest absolute Gasteiger partial charge is 0.481 e. The number of carbonyl (C=O) groups excluding carboxylic acids is 1. The smallest absolute Gasteiger partial charge is 0.422 e. The normalized spacial score (nSPS) is 23.2. The third-order valence-corrected chi connectivity index (χ3v) is 3.61. The van der Waals surface area contributed by atoms with E-state index in [1.54, 1.807) is 0 Å². The van der Waals surface area contributed by atoms with Crippen LogP contribution in [0, 0.1) is 5.92 Å². The molecule has 0 radical (unpaired) electrons. The molecule has 21 heavy (non-hydrogen) atoms. The lowest BCUT2D eigenvalue weighted by Gasteiger charge is -2.38. The van der Waals surface area contributed by atoms with Gasteiger partial charge >= 0.3 is 12.1 Å². The third-order valence-electron chi connectivity index (χ3n) is 3.61. The number of nitrogens with one attached hydrogen (secondary N) is 1. The van der Waals surface area contributed by atoms with Crippen LogP contribution in [0.2, 0.25) is 0 Å². The number of hydrogen-bond donors (Lipinski definition) is 2. The Morgan fingerprint density at radius 3 is 2.10 bits per heavy atom. The fraction of sp³-hybridized carbons (Fsp3) is 0.867. The zero-order valence-corrected chi connectivity index (χ0v) is 13.7. The maximum absolute atomic E-state index is 11.9. The molecule has 0 bridgehead atoms. The summed E-state index contributed by atoms with van der Waals surface area (Å²) in [5.41, 5.74) is 2.28. The van der Waals surface area contributed by atoms with Gasteiger partial charge in [0.1, 0.15) is 5.60 Å². The van der Waals surface area contributed by atoms with Crippen LogP contribution in [0.15, 0.2) is 0 Å². The standard InChI is InChI=1S/C15H28N2O4/c1-10(2)17(16-14(20)21-15(3,4)5)12-8-6-11(7-9-12)13(18)19/h10-12H,6-9H2,1-5H3,(H,16,20)(H,18,19). The van der Waals surface area contributed by atoms with Gasteiger partial charge in [-0.1, -0.05) is 0 Å². The molecule has 1 rings (SSSR count). The first-order valence-corrected chi connectivity index (χ1v) is 7.61. The first-order valence-electron chi connectivity index (χ1n) is 7.61. The Labute approximate surface area is 126 Å². The van der Waals surface area contributed by atoms with Crippen LogP contribution in [0.3, 0.4) is 0 Å². The molecule has 0 aromatic heterocycles. The van der Waals surface area contributed by atoms with E-state index in [1.165, 1.54) is 0 Å². The van der Waals surface area contributed by atoms with Crippen molar-refractivity contribution in [2.24, 2.45) is 5.92 Å². The van der Waals surface area contributed by atoms with Gasteiger partial charge in [-0.3, -0.25) is 10.2 Å². The quantitative estimate of drug-likeness (QED) is 0.780. The van der Waals surface area contributed by atoms with Gasteiger partial charge in [0, 0.05) is 12.1 Å². The minimum atomic E-state index is -0.718. The highest BCUT2D eigenvalue weighted by Gasteiger charge is 2.32. The van der Waals surface area contributed by atoms with E-state index in [4.69, 9.17) is 9.84 Å². The van der Waals surface area contributed by atoms with E-state index in [0.717, 1.165) is 12.8 Å². The molecule has 0 aromatic rings. The Morgan fingerprint density at radius 1 is 1.19 bits per heavy atom. The van der Waals surface area contributed by atoms with Crippen LogP contribution >= 0.6 is 0 Å². The second-order valence-corrected chi connectivity index (χ2v) is 6.96. The van der Waals surface area contributed by atoms with Crippen molar-refractivity contribution in [3.05, 3.63) is 0 Å². The predicted octanol–water partition coefficient (Wildman–Crippen LogP) is 2.78. The summed E-state index contributed by atoms with van der Waals surface area (Å²) in [7, 11) is 0. The van der Waals surface area contributed by atoms with Gasteiger partial charge in [-0.15, -0.1) is 0 Å². The summed E-state index contributed by atoms with van der Waals surface area (Å²) in [5, 5.41) is 10.9. The first kappa shape index (κ1) is 17.8. The number of carboxylic acids is 1. The Kier molecular flexibility index (Phi) is 6.01. The molecule has 1 saturated carbocycles. The number of aliphatic carboxylic acids is 1. The molecular weight excluding hydrogens is 272 g/mol. The number of carbonyl (C=O) groups is 2. The van der Waals surface area contributed by atoms with E-state index in [1.807, 2.05) is 39.6 Å². The van der Waals surface area contributed by atoms with Crippen LogP contribution in [-0.2, 0) is 9.53 Å². The van der Waals surface area contributed by atoms with Gasteiger partial charge in [0.25, 0.3) is 0 Å². The van der Waals surface area contributed by atoms with Crippen LogP contribution in [0.5, 0.6) is 0 Å². The minimum Gasteiger partial charge on any atom is -0.481 e. The summed E-state index contributed by atoms with van der Waals surface area (Å²) in [6.07, 6.45) is 2.38. The zero-order valence-electron chi connectivity index (χ0n) is 13.7. The Bertz CT molecular complexity index is 368. The Hall–Kier alpha value is -1.30. The lowest BCUT2D eigenvalue weighted by Crippen LogP contribution is -2.54. The molecule has 0 spiro atoms. The van der Waals surface area contributed by atoms with Gasteiger partial charge in [0.2, 0.25) is 0 Å². The molecule has 2 N–H and O–H groups in total. The van der Waals surface area contributed by atoms with Crippen molar-refractivity contribution in [1.29, 1.82) is 0 Å². The molecule has 6 nitrogen and oxygen atoms in total. The SMILES string of the molecule is CC(C)N(NC(=O)OC(C)(C)C)C1CCC(C(=O)O)CC1. The lowest BCUT2D eigenvalue weighted by molar-refractivity contribution is -0.143. The van der Waals surface area contributed by atoms with E-state index < -0.39 is 17.7 Å². The minimum absolute atomic E-state index is 0.129. The van der Waals surface area contributed by atoms with Crippen molar-refractivity contribution in [2.75, 3.05) is 0 Å². The summed E-state index contributed by atoms with van der Waals surface area (Å²) < 4.78 is 5.28. The highest BCUT2D eigenvalue weighted by Crippen LogP contribution is 2.28. The van der Waals surface area contributed by atoms with Crippen LogP contribution in [-0.4, -0.2) is 39.9 Å². The molecule has 0 aliphatic heterocycles. The lowest BCUT2D eigenvalue weighted by atomic mass is 9.85. The first-order chi connectivity index (χ1) is 9.60. The number of ether oxygens (including phenoxy) is 1. The molecule has 0 saturated heterocycles. The molecule has 6 heteroatoms. The molecule has 0 atom stereocenters. The summed E-state index contributed by atoms with van der Waals surface area (Å²) in [6, 6.07) is 0.289. The van der Waals surface area contributed by atoms with Crippen molar-refractivity contribution in [3.63, 3.8) is 0 Å². The van der Waals surface area contributed by atoms with E-state index >= 15 is 0 Å². The predicted molar refractivity (Wildman–Crippen MR) is 79.7 cm³/mol. The van der Waals surface area contributed by atoms with Crippen LogP contribution in [0.1, 0.15) is 60.3 Å². The average molecular weight is 300 g/mol. The summed E-state index contributed by atoms with van der Waals surface area (Å²) in [6.45, 7) is 9.47. The summed E-state index contributed by atoms with van der Waals surface area (Å²) in [5.74, 6) is -0.971. The molecule has 122 valence electrons. The van der Waals surface area contributed by atoms with Crippen molar-refractivity contribution in [2.45, 2.75) is 78.0 Å². The number of rotatable bonds is 4. The van der Waals surface area contributed by atoms with E-state index in [0.29, 0.717) is 12.8 Å². The van der Waals surface area contributed by atoms with Crippen molar-refractivity contribution in [1.82, 2.24) is 10.4 Å². The molecular formula is C15H28N2O4. The van der Waals surface area contributed by atoms with Crippen LogP contribution in [0.4, 0.5) is 4.79 Å². The molecule has 1 fully saturated rings. The van der Waals surface area contributed by atoms with Crippen molar-refractivity contribution in [3.8, 4) is 0 Å². The molecule has 1 aliphatic rings. The number of carboxylic acid groups (broad SMARTS) is 1. The zero-order chi connectivity index (χ0) is 16.2. The second-order valence-electron chi connectivity index (χ2n) is 6.96. The topological polar surface area (TPSA) is 78.9 Å². The third kappa shape index (κ3) is 5.91. The summed E-state index contributed by atoms with van der Waals surface area (Å²) >= 11 is 0. The van der Waals surface area contributed by atoms with E-state index in [2.05, 4.69) is 5.43 Å². The van der Waals surface area contributed by atoms with Crippen LogP contribution < -0.4 is 5.43 Å². The van der Waals surface area contributed by atoms with Crippen molar-refractivity contribution >= 4 is 12.1 Å². The van der Waals surface area contributed by atoms with Crippen molar-refractivity contribution < 1.29 is 19.4 Å². The second kappa shape index (κ2) is 7.11. The maximum Gasteiger partial charge on any atom is 0.422 e.